The van der Waals surface area contributed by atoms with E-state index in [1.165, 1.54) is 42.5 Å². The molecule has 8 nitrogen and oxygen atoms in total. The van der Waals surface area contributed by atoms with Crippen molar-refractivity contribution in [3.05, 3.63) is 102 Å². The lowest BCUT2D eigenvalue weighted by Crippen LogP contribution is -2.26. The van der Waals surface area contributed by atoms with Crippen LogP contribution >= 0.6 is 0 Å². The first kappa shape index (κ1) is 24.4. The molecule has 0 saturated carbocycles. The molecule has 5 rings (SSSR count). The summed E-state index contributed by atoms with van der Waals surface area (Å²) in [4.78, 5) is 25.4. The normalized spacial score (nSPS) is 13.5. The topological polar surface area (TPSA) is 111 Å². The number of carbonyl (C=O) groups is 2. The SMILES string of the molecule is Cc1ccc(N2C(=O)C(=NNc3cccc(-c4cccc(OC(=O)O)c4)c3O)c3cc(F)ccc32)c(F)c1. The third-order valence-corrected chi connectivity index (χ3v) is 5.88. The van der Waals surface area contributed by atoms with Gasteiger partial charge in [-0.05, 0) is 66.6 Å². The first-order chi connectivity index (χ1) is 18.2. The molecular weight excluding hydrogens is 496 g/mol. The van der Waals surface area contributed by atoms with Crippen LogP contribution in [0.2, 0.25) is 0 Å². The molecule has 0 radical (unpaired) electrons. The van der Waals surface area contributed by atoms with Gasteiger partial charge in [0, 0.05) is 11.1 Å². The highest BCUT2D eigenvalue weighted by molar-refractivity contribution is 6.55. The maximum absolute atomic E-state index is 14.8. The van der Waals surface area contributed by atoms with E-state index in [4.69, 9.17) is 5.11 Å². The summed E-state index contributed by atoms with van der Waals surface area (Å²) in [6, 6.07) is 18.9. The van der Waals surface area contributed by atoms with Gasteiger partial charge in [-0.15, -0.1) is 0 Å². The Bertz CT molecular complexity index is 1640. The Balaban J connectivity index is 1.51. The number of benzene rings is 4. The minimum Gasteiger partial charge on any atom is -0.505 e. The Hall–Kier alpha value is -5.25. The highest BCUT2D eigenvalue weighted by Crippen LogP contribution is 2.39. The number of carboxylic acid groups (broad SMARTS) is 1. The number of hydrogen-bond donors (Lipinski definition) is 3. The summed E-state index contributed by atoms with van der Waals surface area (Å²) >= 11 is 0. The number of aryl methyl sites for hydroxylation is 1. The lowest BCUT2D eigenvalue weighted by Gasteiger charge is -2.18. The molecule has 0 atom stereocenters. The zero-order chi connectivity index (χ0) is 27.0. The van der Waals surface area contributed by atoms with E-state index < -0.39 is 23.7 Å². The number of ether oxygens (including phenoxy) is 1. The van der Waals surface area contributed by atoms with Crippen molar-refractivity contribution in [1.29, 1.82) is 0 Å². The van der Waals surface area contributed by atoms with E-state index in [2.05, 4.69) is 15.3 Å². The first-order valence-corrected chi connectivity index (χ1v) is 11.3. The zero-order valence-corrected chi connectivity index (χ0v) is 19.8. The molecule has 1 aliphatic rings. The van der Waals surface area contributed by atoms with Crippen molar-refractivity contribution in [2.75, 3.05) is 10.3 Å². The van der Waals surface area contributed by atoms with E-state index in [0.29, 0.717) is 16.7 Å². The number of rotatable bonds is 5. The van der Waals surface area contributed by atoms with E-state index in [0.717, 1.165) is 11.0 Å². The number of phenols is 1. The molecule has 0 fully saturated rings. The maximum Gasteiger partial charge on any atom is 0.511 e. The molecule has 3 N–H and O–H groups in total. The lowest BCUT2D eigenvalue weighted by molar-refractivity contribution is -0.111. The summed E-state index contributed by atoms with van der Waals surface area (Å²) in [5.41, 5.74) is 4.45. The van der Waals surface area contributed by atoms with E-state index in [-0.39, 0.29) is 39.8 Å². The van der Waals surface area contributed by atoms with Crippen LogP contribution in [0.25, 0.3) is 11.1 Å². The molecule has 0 bridgehead atoms. The van der Waals surface area contributed by atoms with Gasteiger partial charge in [0.25, 0.3) is 5.91 Å². The van der Waals surface area contributed by atoms with Gasteiger partial charge in [0.05, 0.1) is 17.1 Å². The van der Waals surface area contributed by atoms with Crippen molar-refractivity contribution in [1.82, 2.24) is 0 Å². The van der Waals surface area contributed by atoms with Crippen LogP contribution < -0.4 is 15.1 Å². The van der Waals surface area contributed by atoms with Crippen LogP contribution in [0.1, 0.15) is 11.1 Å². The summed E-state index contributed by atoms with van der Waals surface area (Å²) in [6.07, 6.45) is -1.48. The number of nitrogens with one attached hydrogen (secondary N) is 1. The average molecular weight is 515 g/mol. The van der Waals surface area contributed by atoms with Gasteiger partial charge in [0.2, 0.25) is 0 Å². The number of nitrogens with zero attached hydrogens (tertiary/aromatic N) is 2. The summed E-state index contributed by atoms with van der Waals surface area (Å²) < 4.78 is 33.6. The number of halogens is 2. The fraction of sp³-hybridized carbons (Fsp3) is 0.0357. The van der Waals surface area contributed by atoms with Gasteiger partial charge in [0.15, 0.2) is 5.71 Å². The van der Waals surface area contributed by atoms with E-state index in [9.17, 15) is 23.5 Å². The third-order valence-electron chi connectivity index (χ3n) is 5.88. The van der Waals surface area contributed by atoms with E-state index in [1.54, 1.807) is 37.3 Å². The smallest absolute Gasteiger partial charge is 0.505 e. The second-order valence-corrected chi connectivity index (χ2v) is 8.43. The van der Waals surface area contributed by atoms with Crippen molar-refractivity contribution >= 4 is 34.8 Å². The fourth-order valence-electron chi connectivity index (χ4n) is 4.17. The summed E-state index contributed by atoms with van der Waals surface area (Å²) in [5, 5.41) is 23.9. The minimum atomic E-state index is -1.48. The summed E-state index contributed by atoms with van der Waals surface area (Å²) in [6.45, 7) is 1.72. The average Bonchev–Trinajstić information content (AvgIpc) is 3.13. The van der Waals surface area contributed by atoms with Crippen molar-refractivity contribution in [2.24, 2.45) is 5.10 Å². The number of carbonyl (C=O) groups excluding carboxylic acids is 1. The first-order valence-electron chi connectivity index (χ1n) is 11.3. The van der Waals surface area contributed by atoms with Crippen LogP contribution in [-0.4, -0.2) is 28.0 Å². The van der Waals surface area contributed by atoms with Gasteiger partial charge < -0.3 is 14.9 Å². The Kier molecular flexibility index (Phi) is 6.21. The molecule has 1 aliphatic heterocycles. The van der Waals surface area contributed by atoms with Crippen molar-refractivity contribution in [2.45, 2.75) is 6.92 Å². The largest absolute Gasteiger partial charge is 0.511 e. The Labute approximate surface area is 215 Å². The minimum absolute atomic E-state index is 0.00744. The van der Waals surface area contributed by atoms with Crippen LogP contribution in [0.15, 0.2) is 84.0 Å². The number of para-hydroxylation sites is 1. The molecule has 4 aromatic rings. The lowest BCUT2D eigenvalue weighted by atomic mass is 10.0. The van der Waals surface area contributed by atoms with E-state index in [1.807, 2.05) is 0 Å². The quantitative estimate of drug-likeness (QED) is 0.126. The number of amides is 1. The molecule has 10 heteroatoms. The standard InChI is InChI=1S/C28H19F2N3O5/c1-15-8-10-24(21(30)12-15)33-23-11-9-17(29)14-20(23)25(27(33)35)32-31-22-7-3-6-19(26(22)34)16-4-2-5-18(13-16)38-28(36)37/h2-14,31,34H,1H3,(H,36,37). The number of phenolic OH excluding ortho intramolecular Hbond substituents is 1. The van der Waals surface area contributed by atoms with E-state index >= 15 is 0 Å². The van der Waals surface area contributed by atoms with Crippen LogP contribution in [-0.2, 0) is 4.79 Å². The second kappa shape index (κ2) is 9.66. The molecular formula is C28H19F2N3O5. The Morgan fingerprint density at radius 2 is 1.71 bits per heavy atom. The van der Waals surface area contributed by atoms with Crippen molar-refractivity contribution in [3.63, 3.8) is 0 Å². The van der Waals surface area contributed by atoms with Gasteiger partial charge in [0.1, 0.15) is 23.1 Å². The maximum atomic E-state index is 14.8. The summed E-state index contributed by atoms with van der Waals surface area (Å²) in [5.74, 6) is -2.09. The van der Waals surface area contributed by atoms with Gasteiger partial charge >= 0.3 is 6.16 Å². The Morgan fingerprint density at radius 1 is 0.947 bits per heavy atom. The summed E-state index contributed by atoms with van der Waals surface area (Å²) in [7, 11) is 0. The molecule has 0 aliphatic carbocycles. The van der Waals surface area contributed by atoms with Crippen LogP contribution in [0.5, 0.6) is 11.5 Å². The number of fused-ring (bicyclic) bond motifs is 1. The molecule has 190 valence electrons. The monoisotopic (exact) mass is 515 g/mol. The number of anilines is 3. The van der Waals surface area contributed by atoms with Gasteiger partial charge in [-0.2, -0.15) is 5.10 Å². The molecule has 0 aromatic heterocycles. The molecule has 38 heavy (non-hydrogen) atoms. The predicted octanol–water partition coefficient (Wildman–Crippen LogP) is 6.20. The van der Waals surface area contributed by atoms with Crippen LogP contribution in [0, 0.1) is 18.6 Å². The predicted molar refractivity (Wildman–Crippen MR) is 137 cm³/mol. The molecule has 0 saturated heterocycles. The molecule has 0 unspecified atom stereocenters. The molecule has 4 aromatic carbocycles. The van der Waals surface area contributed by atoms with Crippen molar-refractivity contribution < 1.29 is 33.3 Å². The zero-order valence-electron chi connectivity index (χ0n) is 19.8. The van der Waals surface area contributed by atoms with Crippen LogP contribution in [0.3, 0.4) is 0 Å². The van der Waals surface area contributed by atoms with Crippen molar-refractivity contribution in [3.8, 4) is 22.6 Å². The third kappa shape index (κ3) is 4.50. The highest BCUT2D eigenvalue weighted by atomic mass is 19.1. The Morgan fingerprint density at radius 3 is 2.47 bits per heavy atom. The second-order valence-electron chi connectivity index (χ2n) is 8.43. The molecule has 1 amide bonds. The number of hydrazone groups is 1. The number of hydrogen-bond acceptors (Lipinski definition) is 6. The van der Waals surface area contributed by atoms with Crippen LogP contribution in [0.4, 0.5) is 30.6 Å². The molecule has 0 spiro atoms. The van der Waals surface area contributed by atoms with Gasteiger partial charge in [-0.3, -0.25) is 15.1 Å². The van der Waals surface area contributed by atoms with Gasteiger partial charge in [-0.25, -0.2) is 13.6 Å². The fourth-order valence-corrected chi connectivity index (χ4v) is 4.17. The van der Waals surface area contributed by atoms with Gasteiger partial charge in [-0.1, -0.05) is 30.3 Å². The number of aromatic hydroxyl groups is 1. The molecule has 1 heterocycles. The highest BCUT2D eigenvalue weighted by Gasteiger charge is 2.37.